The molecule has 4 aromatic carbocycles. The van der Waals surface area contributed by atoms with Crippen molar-refractivity contribution in [3.8, 4) is 22.3 Å². The number of esters is 2. The third-order valence-corrected chi connectivity index (χ3v) is 7.37. The monoisotopic (exact) mass is 648 g/mol. The molecule has 0 aliphatic heterocycles. The van der Waals surface area contributed by atoms with Gasteiger partial charge in [-0.25, -0.2) is 17.6 Å². The molecule has 244 valence electrons. The van der Waals surface area contributed by atoms with E-state index in [4.69, 9.17) is 25.0 Å². The molecule has 4 rings (SSSR count). The lowest BCUT2D eigenvalue weighted by molar-refractivity contribution is -0.143. The predicted octanol–water partition coefficient (Wildman–Crippen LogP) is 7.63. The summed E-state index contributed by atoms with van der Waals surface area (Å²) in [6.07, 6.45) is 1.71. The zero-order valence-electron chi connectivity index (χ0n) is 25.2. The first-order valence-electron chi connectivity index (χ1n) is 14.7. The fraction of sp³-hybridized carbons (Fsp3) is 0.222. The molecule has 11 heteroatoms. The van der Waals surface area contributed by atoms with E-state index in [1.165, 1.54) is 12.1 Å². The average molecular weight is 649 g/mol. The summed E-state index contributed by atoms with van der Waals surface area (Å²) in [7, 11) is 0. The van der Waals surface area contributed by atoms with Gasteiger partial charge < -0.3 is 25.0 Å². The van der Waals surface area contributed by atoms with Crippen molar-refractivity contribution in [3.05, 3.63) is 119 Å². The third-order valence-electron chi connectivity index (χ3n) is 7.37. The molecule has 7 nitrogen and oxygen atoms in total. The number of carbonyl (C=O) groups is 2. The number of nitrogens with one attached hydrogen (secondary N) is 2. The van der Waals surface area contributed by atoms with Crippen LogP contribution in [0.1, 0.15) is 35.8 Å². The quantitative estimate of drug-likeness (QED) is 0.0738. The molecule has 0 spiro atoms. The van der Waals surface area contributed by atoms with Crippen molar-refractivity contribution >= 4 is 24.4 Å². The van der Waals surface area contributed by atoms with E-state index >= 15 is 0 Å². The molecule has 0 aromatic heterocycles. The van der Waals surface area contributed by atoms with Crippen LogP contribution in [0.15, 0.2) is 84.9 Å². The summed E-state index contributed by atoms with van der Waals surface area (Å²) in [5, 5.41) is 14.3. The molecule has 0 saturated carbocycles. The number of hydrogen-bond donors (Lipinski definition) is 2. The van der Waals surface area contributed by atoms with Gasteiger partial charge in [0.15, 0.2) is 0 Å². The van der Waals surface area contributed by atoms with E-state index in [1.54, 1.807) is 48.5 Å². The largest absolute Gasteiger partial charge is 0.460 e. The topological polar surface area (TPSA) is 110 Å². The lowest BCUT2D eigenvalue weighted by Crippen LogP contribution is -2.20. The molecule has 0 radical (unpaired) electrons. The Hall–Kier alpha value is -5.16. The van der Waals surface area contributed by atoms with Crippen molar-refractivity contribution in [2.45, 2.75) is 24.7 Å². The van der Waals surface area contributed by atoms with Crippen LogP contribution in [0.5, 0.6) is 0 Å². The van der Waals surface area contributed by atoms with E-state index in [2.05, 4.69) is 0 Å². The van der Waals surface area contributed by atoms with E-state index in [1.807, 2.05) is 0 Å². The van der Waals surface area contributed by atoms with Gasteiger partial charge in [0, 0.05) is 47.5 Å². The van der Waals surface area contributed by atoms with Crippen molar-refractivity contribution in [2.75, 3.05) is 26.4 Å². The molecule has 0 bridgehead atoms. The number of rotatable bonds is 16. The minimum atomic E-state index is -0.714. The van der Waals surface area contributed by atoms with Crippen LogP contribution >= 0.6 is 0 Å². The summed E-state index contributed by atoms with van der Waals surface area (Å²) in [5.74, 6) is -4.98. The molecule has 2 atom stereocenters. The normalized spacial score (nSPS) is 12.2. The van der Waals surface area contributed by atoms with Crippen LogP contribution in [0.25, 0.3) is 22.3 Å². The Morgan fingerprint density at radius 3 is 1.32 bits per heavy atom. The fourth-order valence-electron chi connectivity index (χ4n) is 5.00. The summed E-state index contributed by atoms with van der Waals surface area (Å²) in [4.78, 5) is 25.0. The minimum Gasteiger partial charge on any atom is -0.460 e. The summed E-state index contributed by atoms with van der Waals surface area (Å²) in [6.45, 7) is -0.330. The lowest BCUT2D eigenvalue weighted by atomic mass is 9.93. The zero-order valence-corrected chi connectivity index (χ0v) is 25.2. The molecule has 0 aliphatic carbocycles. The Bertz CT molecular complexity index is 1570. The zero-order chi connectivity index (χ0) is 33.8. The first kappa shape index (κ1) is 34.7. The summed E-state index contributed by atoms with van der Waals surface area (Å²) in [6, 6.07) is 20.0. The molecule has 4 aromatic rings. The van der Waals surface area contributed by atoms with Crippen LogP contribution < -0.4 is 0 Å². The maximum absolute atomic E-state index is 14.4. The van der Waals surface area contributed by atoms with Crippen molar-refractivity contribution in [3.63, 3.8) is 0 Å². The van der Waals surface area contributed by atoms with Gasteiger partial charge in [0.05, 0.1) is 26.1 Å². The number of carbonyl (C=O) groups excluding carboxylic acids is 2. The highest BCUT2D eigenvalue weighted by atomic mass is 19.1. The highest BCUT2D eigenvalue weighted by Gasteiger charge is 2.22. The van der Waals surface area contributed by atoms with Gasteiger partial charge in [0.25, 0.3) is 0 Å². The molecule has 0 heterocycles. The second-order valence-electron chi connectivity index (χ2n) is 10.6. The highest BCUT2D eigenvalue weighted by molar-refractivity contribution is 5.74. The minimum absolute atomic E-state index is 0.0227. The molecule has 0 aliphatic rings. The summed E-state index contributed by atoms with van der Waals surface area (Å²) < 4.78 is 71.7. The Balaban J connectivity index is 1.52. The lowest BCUT2D eigenvalue weighted by Gasteiger charge is -2.21. The van der Waals surface area contributed by atoms with Gasteiger partial charge in [-0.1, -0.05) is 48.5 Å². The molecule has 0 saturated heterocycles. The average Bonchev–Trinajstić information content (AvgIpc) is 3.06. The maximum Gasteiger partial charge on any atom is 0.306 e. The molecular formula is C36H32F4N2O5. The molecule has 2 N–H and O–H groups in total. The standard InChI is InChI=1S/C36H32F4N2O5/c37-29-9-11-31(33(39)19-29)25-5-1-23(2-6-25)27(17-35(43)46-15-13-41)21-45-22-28(18-36(44)47-16-14-42)24-3-7-26(8-4-24)32-12-10-30(38)20-34(32)40/h1-14,19-20,27-28,41-42H,15-18,21-22H2. The van der Waals surface area contributed by atoms with Gasteiger partial charge in [0.1, 0.15) is 36.5 Å². The second kappa shape index (κ2) is 17.0. The second-order valence-corrected chi connectivity index (χ2v) is 10.6. The number of hydrogen-bond acceptors (Lipinski definition) is 7. The number of benzene rings is 4. The smallest absolute Gasteiger partial charge is 0.306 e. The summed E-state index contributed by atoms with van der Waals surface area (Å²) in [5.41, 5.74) is 2.78. The first-order chi connectivity index (χ1) is 22.7. The van der Waals surface area contributed by atoms with Crippen LogP contribution in [0.2, 0.25) is 0 Å². The van der Waals surface area contributed by atoms with Crippen LogP contribution in [0, 0.1) is 34.1 Å². The van der Waals surface area contributed by atoms with Crippen LogP contribution in [0.3, 0.4) is 0 Å². The van der Waals surface area contributed by atoms with Gasteiger partial charge in [0.2, 0.25) is 0 Å². The Kier molecular flexibility index (Phi) is 12.5. The van der Waals surface area contributed by atoms with E-state index < -0.39 is 47.0 Å². The molecule has 0 fully saturated rings. The van der Waals surface area contributed by atoms with Crippen molar-refractivity contribution in [1.82, 2.24) is 0 Å². The van der Waals surface area contributed by atoms with E-state index in [9.17, 15) is 27.2 Å². The van der Waals surface area contributed by atoms with E-state index in [-0.39, 0.29) is 50.4 Å². The van der Waals surface area contributed by atoms with E-state index in [0.717, 1.165) is 36.7 Å². The van der Waals surface area contributed by atoms with Crippen molar-refractivity contribution in [1.29, 1.82) is 10.8 Å². The molecule has 0 amide bonds. The SMILES string of the molecule is N=CCOC(=O)CC(COCC(CC(=O)OCC=N)c1ccc(-c2ccc(F)cc2F)cc1)c1ccc(-c2ccc(F)cc2F)cc1. The maximum atomic E-state index is 14.4. The van der Waals surface area contributed by atoms with Gasteiger partial charge in [-0.15, -0.1) is 0 Å². The van der Waals surface area contributed by atoms with Crippen molar-refractivity contribution < 1.29 is 41.4 Å². The molecule has 2 unspecified atom stereocenters. The van der Waals surface area contributed by atoms with Gasteiger partial charge in [-0.2, -0.15) is 0 Å². The Labute approximate surface area is 269 Å². The molecular weight excluding hydrogens is 616 g/mol. The van der Waals surface area contributed by atoms with Gasteiger partial charge in [-0.05, 0) is 46.5 Å². The van der Waals surface area contributed by atoms with Gasteiger partial charge in [-0.3, -0.25) is 9.59 Å². The summed E-state index contributed by atoms with van der Waals surface area (Å²) >= 11 is 0. The predicted molar refractivity (Wildman–Crippen MR) is 169 cm³/mol. The van der Waals surface area contributed by atoms with E-state index in [0.29, 0.717) is 22.3 Å². The van der Waals surface area contributed by atoms with Crippen LogP contribution in [-0.2, 0) is 23.8 Å². The van der Waals surface area contributed by atoms with Crippen LogP contribution in [0.4, 0.5) is 17.6 Å². The fourth-order valence-corrected chi connectivity index (χ4v) is 5.00. The van der Waals surface area contributed by atoms with Crippen LogP contribution in [-0.4, -0.2) is 50.8 Å². The first-order valence-corrected chi connectivity index (χ1v) is 14.7. The Morgan fingerprint density at radius 2 is 0.979 bits per heavy atom. The van der Waals surface area contributed by atoms with Gasteiger partial charge >= 0.3 is 11.9 Å². The third kappa shape index (κ3) is 9.91. The van der Waals surface area contributed by atoms with Crippen molar-refractivity contribution in [2.24, 2.45) is 0 Å². The molecule has 47 heavy (non-hydrogen) atoms. The Morgan fingerprint density at radius 1 is 0.596 bits per heavy atom. The number of ether oxygens (including phenoxy) is 3. The highest BCUT2D eigenvalue weighted by Crippen LogP contribution is 2.30. The number of halogens is 4.